The summed E-state index contributed by atoms with van der Waals surface area (Å²) in [6, 6.07) is 13.1. The van der Waals surface area contributed by atoms with Crippen molar-refractivity contribution in [2.75, 3.05) is 75.2 Å². The number of carbonyl (C=O) groups is 1. The normalized spacial score (nSPS) is 15.4. The number of aromatic nitrogens is 3. The molecule has 11 heteroatoms. The Morgan fingerprint density at radius 1 is 0.977 bits per heavy atom. The van der Waals surface area contributed by atoms with E-state index in [9.17, 15) is 4.79 Å². The first-order valence-corrected chi connectivity index (χ1v) is 14.7. The van der Waals surface area contributed by atoms with Gasteiger partial charge in [-0.25, -0.2) is 15.0 Å². The molecule has 2 aromatic heterocycles. The van der Waals surface area contributed by atoms with Crippen molar-refractivity contribution in [2.45, 2.75) is 19.8 Å². The number of likely N-dealkylation sites (tertiary alicyclic amines) is 1. The number of benzene rings is 2. The summed E-state index contributed by atoms with van der Waals surface area (Å²) in [6.07, 6.45) is 5.70. The van der Waals surface area contributed by atoms with Crippen LogP contribution in [0, 0.1) is 6.92 Å². The van der Waals surface area contributed by atoms with E-state index in [0.717, 1.165) is 60.7 Å². The number of amides is 1. The van der Waals surface area contributed by atoms with Gasteiger partial charge in [-0.05, 0) is 68.8 Å². The maximum absolute atomic E-state index is 13.2. The Morgan fingerprint density at radius 3 is 2.63 bits per heavy atom. The van der Waals surface area contributed by atoms with Crippen molar-refractivity contribution in [3.05, 3.63) is 66.1 Å². The molecule has 0 radical (unpaired) electrons. The molecule has 2 aliphatic rings. The summed E-state index contributed by atoms with van der Waals surface area (Å²) in [7, 11) is 1.63. The highest BCUT2D eigenvalue weighted by atomic mass is 16.5. The van der Waals surface area contributed by atoms with Crippen LogP contribution in [-0.2, 0) is 4.74 Å². The molecule has 1 amide bonds. The maximum atomic E-state index is 13.2. The lowest BCUT2D eigenvalue weighted by molar-refractivity contribution is 0.102. The lowest BCUT2D eigenvalue weighted by Crippen LogP contribution is -2.36. The minimum absolute atomic E-state index is 0.207. The summed E-state index contributed by atoms with van der Waals surface area (Å²) >= 11 is 0. The van der Waals surface area contributed by atoms with Gasteiger partial charge in [0, 0.05) is 54.2 Å². The summed E-state index contributed by atoms with van der Waals surface area (Å²) in [5.74, 6) is 2.48. The third-order valence-corrected chi connectivity index (χ3v) is 7.88. The third-order valence-electron chi connectivity index (χ3n) is 7.88. The van der Waals surface area contributed by atoms with E-state index in [2.05, 4.69) is 35.4 Å². The molecule has 4 heterocycles. The average molecular weight is 584 g/mol. The molecule has 2 aliphatic heterocycles. The quantitative estimate of drug-likeness (QED) is 0.274. The van der Waals surface area contributed by atoms with Gasteiger partial charge < -0.3 is 29.7 Å². The van der Waals surface area contributed by atoms with Crippen LogP contribution in [0.4, 0.5) is 23.0 Å². The highest BCUT2D eigenvalue weighted by Gasteiger charge is 2.17. The SMILES string of the molecule is COc1cc2c(Nc3cc(NC(=O)c4ccnc(N5CCOCC5)c4)ccc3C)ncnc2cc1OCCN1CCCC1. The van der Waals surface area contributed by atoms with Crippen molar-refractivity contribution < 1.29 is 19.0 Å². The molecule has 0 saturated carbocycles. The van der Waals surface area contributed by atoms with Gasteiger partial charge in [0.1, 0.15) is 24.6 Å². The molecular weight excluding hydrogens is 546 g/mol. The molecule has 4 aromatic rings. The minimum atomic E-state index is -0.207. The van der Waals surface area contributed by atoms with Gasteiger partial charge in [-0.2, -0.15) is 0 Å². The van der Waals surface area contributed by atoms with E-state index < -0.39 is 0 Å². The zero-order chi connectivity index (χ0) is 29.6. The molecular formula is C32H37N7O4. The first kappa shape index (κ1) is 28.6. The Labute approximate surface area is 251 Å². The second-order valence-corrected chi connectivity index (χ2v) is 10.8. The van der Waals surface area contributed by atoms with E-state index in [-0.39, 0.29) is 5.91 Å². The third kappa shape index (κ3) is 6.79. The number of nitrogens with one attached hydrogen (secondary N) is 2. The number of nitrogens with zero attached hydrogens (tertiary/aromatic N) is 5. The van der Waals surface area contributed by atoms with Crippen molar-refractivity contribution in [2.24, 2.45) is 0 Å². The number of anilines is 4. The first-order chi connectivity index (χ1) is 21.1. The van der Waals surface area contributed by atoms with Gasteiger partial charge >= 0.3 is 0 Å². The van der Waals surface area contributed by atoms with Crippen LogP contribution in [0.25, 0.3) is 10.9 Å². The highest BCUT2D eigenvalue weighted by Crippen LogP contribution is 2.35. The molecule has 43 heavy (non-hydrogen) atoms. The van der Waals surface area contributed by atoms with Crippen LogP contribution in [0.1, 0.15) is 28.8 Å². The van der Waals surface area contributed by atoms with Crippen molar-refractivity contribution >= 4 is 39.8 Å². The van der Waals surface area contributed by atoms with E-state index in [1.807, 2.05) is 43.3 Å². The zero-order valence-electron chi connectivity index (χ0n) is 24.6. The van der Waals surface area contributed by atoms with Gasteiger partial charge in [0.25, 0.3) is 5.91 Å². The van der Waals surface area contributed by atoms with Crippen molar-refractivity contribution in [1.82, 2.24) is 19.9 Å². The number of hydrogen-bond acceptors (Lipinski definition) is 10. The molecule has 2 fully saturated rings. The molecule has 0 aliphatic carbocycles. The molecule has 2 N–H and O–H groups in total. The highest BCUT2D eigenvalue weighted by molar-refractivity contribution is 6.05. The lowest BCUT2D eigenvalue weighted by Gasteiger charge is -2.27. The Morgan fingerprint density at radius 2 is 1.81 bits per heavy atom. The van der Waals surface area contributed by atoms with E-state index >= 15 is 0 Å². The van der Waals surface area contributed by atoms with Crippen LogP contribution < -0.4 is 25.0 Å². The summed E-state index contributed by atoms with van der Waals surface area (Å²) in [4.78, 5) is 31.2. The molecule has 6 rings (SSSR count). The lowest BCUT2D eigenvalue weighted by atomic mass is 10.1. The monoisotopic (exact) mass is 583 g/mol. The Bertz CT molecular complexity index is 1590. The molecule has 11 nitrogen and oxygen atoms in total. The van der Waals surface area contributed by atoms with Gasteiger partial charge in [-0.15, -0.1) is 0 Å². The second kappa shape index (κ2) is 13.2. The van der Waals surface area contributed by atoms with Crippen molar-refractivity contribution in [3.63, 3.8) is 0 Å². The molecule has 0 atom stereocenters. The number of ether oxygens (including phenoxy) is 3. The standard InChI is InChI=1S/C32H37N7O4/c1-22-5-6-24(36-32(40)23-7-8-33-30(17-23)39-12-14-42-15-13-39)18-26(22)37-31-25-19-28(41-2)29(20-27(25)34-21-35-31)43-16-11-38-9-3-4-10-38/h5-8,17-21H,3-4,9-16H2,1-2H3,(H,36,40)(H,34,35,37). The molecule has 2 aromatic carbocycles. The minimum Gasteiger partial charge on any atom is -0.493 e. The number of fused-ring (bicyclic) bond motifs is 1. The van der Waals surface area contributed by atoms with Crippen molar-refractivity contribution in [1.29, 1.82) is 0 Å². The topological polar surface area (TPSA) is 114 Å². The maximum Gasteiger partial charge on any atom is 0.255 e. The number of pyridine rings is 1. The number of morpholine rings is 1. The van der Waals surface area contributed by atoms with Gasteiger partial charge in [0.15, 0.2) is 11.5 Å². The summed E-state index contributed by atoms with van der Waals surface area (Å²) in [5.41, 5.74) is 3.75. The van der Waals surface area contributed by atoms with Gasteiger partial charge in [0.05, 0.1) is 25.8 Å². The number of carbonyl (C=O) groups excluding carboxylic acids is 1. The van der Waals surface area contributed by atoms with E-state index in [4.69, 9.17) is 14.2 Å². The predicted octanol–water partition coefficient (Wildman–Crippen LogP) is 4.65. The number of aryl methyl sites for hydroxylation is 1. The number of rotatable bonds is 10. The molecule has 0 unspecified atom stereocenters. The van der Waals surface area contributed by atoms with Crippen LogP contribution >= 0.6 is 0 Å². The predicted molar refractivity (Wildman–Crippen MR) is 167 cm³/mol. The summed E-state index contributed by atoms with van der Waals surface area (Å²) < 4.78 is 17.2. The fourth-order valence-corrected chi connectivity index (χ4v) is 5.42. The van der Waals surface area contributed by atoms with E-state index in [1.165, 1.54) is 19.2 Å². The van der Waals surface area contributed by atoms with Crippen LogP contribution in [-0.4, -0.2) is 85.4 Å². The van der Waals surface area contributed by atoms with Crippen LogP contribution in [0.2, 0.25) is 0 Å². The smallest absolute Gasteiger partial charge is 0.255 e. The van der Waals surface area contributed by atoms with Gasteiger partial charge in [-0.1, -0.05) is 6.07 Å². The second-order valence-electron chi connectivity index (χ2n) is 10.8. The van der Waals surface area contributed by atoms with E-state index in [0.29, 0.717) is 48.4 Å². The Hall–Kier alpha value is -4.48. The van der Waals surface area contributed by atoms with Crippen LogP contribution in [0.5, 0.6) is 11.5 Å². The van der Waals surface area contributed by atoms with Crippen LogP contribution in [0.3, 0.4) is 0 Å². The largest absolute Gasteiger partial charge is 0.493 e. The fraction of sp³-hybridized carbons (Fsp3) is 0.375. The summed E-state index contributed by atoms with van der Waals surface area (Å²) in [5, 5.41) is 7.26. The number of methoxy groups -OCH3 is 1. The van der Waals surface area contributed by atoms with Crippen molar-refractivity contribution in [3.8, 4) is 11.5 Å². The Kier molecular flexibility index (Phi) is 8.80. The first-order valence-electron chi connectivity index (χ1n) is 14.7. The Balaban J connectivity index is 1.18. The van der Waals surface area contributed by atoms with Gasteiger partial charge in [-0.3, -0.25) is 9.69 Å². The molecule has 224 valence electrons. The van der Waals surface area contributed by atoms with Crippen LogP contribution in [0.15, 0.2) is 55.0 Å². The zero-order valence-corrected chi connectivity index (χ0v) is 24.6. The number of hydrogen-bond donors (Lipinski definition) is 2. The fourth-order valence-electron chi connectivity index (χ4n) is 5.42. The van der Waals surface area contributed by atoms with E-state index in [1.54, 1.807) is 19.4 Å². The molecule has 0 spiro atoms. The molecule has 2 saturated heterocycles. The summed E-state index contributed by atoms with van der Waals surface area (Å²) in [6.45, 7) is 8.54. The van der Waals surface area contributed by atoms with Gasteiger partial charge in [0.2, 0.25) is 0 Å². The molecule has 0 bridgehead atoms. The average Bonchev–Trinajstić information content (AvgIpc) is 3.56.